The Bertz CT molecular complexity index is 1330. The number of hydrogen-bond donors (Lipinski definition) is 0. The number of methoxy groups -OCH3 is 2. The maximum absolute atomic E-state index is 14.0. The Morgan fingerprint density at radius 3 is 1.89 bits per heavy atom. The molecule has 0 aliphatic carbocycles. The van der Waals surface area contributed by atoms with Crippen LogP contribution in [0.15, 0.2) is 60.7 Å². The molecule has 0 heterocycles. The van der Waals surface area contributed by atoms with E-state index in [1.165, 1.54) is 7.11 Å². The van der Waals surface area contributed by atoms with Crippen molar-refractivity contribution in [1.82, 2.24) is 0 Å². The molecule has 2 aromatic carbocycles. The predicted octanol–water partition coefficient (Wildman–Crippen LogP) is 3.48. The van der Waals surface area contributed by atoms with E-state index < -0.39 is 63.6 Å². The van der Waals surface area contributed by atoms with Crippen LogP contribution in [0, 0.1) is 0 Å². The topological polar surface area (TPSA) is 152 Å². The van der Waals surface area contributed by atoms with Crippen molar-refractivity contribution >= 4 is 50.6 Å². The Morgan fingerprint density at radius 1 is 0.915 bits per heavy atom. The van der Waals surface area contributed by atoms with Gasteiger partial charge in [0.1, 0.15) is 6.79 Å². The Labute approximate surface area is 279 Å². The molecule has 0 saturated carbocycles. The van der Waals surface area contributed by atoms with E-state index in [4.69, 9.17) is 32.5 Å². The van der Waals surface area contributed by atoms with Gasteiger partial charge in [-0.15, -0.1) is 0 Å². The van der Waals surface area contributed by atoms with Gasteiger partial charge in [-0.25, -0.2) is 9.59 Å². The summed E-state index contributed by atoms with van der Waals surface area (Å²) < 4.78 is 40.1. The first kappa shape index (κ1) is 39.7. The third kappa shape index (κ3) is 9.76. The molecule has 2 rings (SSSR count). The molecule has 2 aromatic rings. The molecule has 0 saturated heterocycles. The van der Waals surface area contributed by atoms with Crippen LogP contribution in [0.1, 0.15) is 34.1 Å². The van der Waals surface area contributed by atoms with Crippen molar-refractivity contribution in [1.29, 1.82) is 0 Å². The van der Waals surface area contributed by atoms with Crippen molar-refractivity contribution in [2.75, 3.05) is 40.8 Å². The lowest BCUT2D eigenvalue weighted by Crippen LogP contribution is -2.70. The van der Waals surface area contributed by atoms with Crippen LogP contribution >= 0.6 is 0 Å². The van der Waals surface area contributed by atoms with E-state index in [0.717, 1.165) is 17.5 Å². The van der Waals surface area contributed by atoms with Gasteiger partial charge in [0.15, 0.2) is 14.4 Å². The van der Waals surface area contributed by atoms with Crippen molar-refractivity contribution in [2.24, 2.45) is 0 Å². The highest BCUT2D eigenvalue weighted by Gasteiger charge is 2.66. The smallest absolute Gasteiger partial charge is 0.421 e. The lowest BCUT2D eigenvalue weighted by atomic mass is 9.90. The molecule has 0 aromatic heterocycles. The number of nitrogens with zero attached hydrogens (tertiary/aromatic N) is 2. The first-order valence-electron chi connectivity index (χ1n) is 15.3. The van der Waals surface area contributed by atoms with Crippen molar-refractivity contribution in [2.45, 2.75) is 70.5 Å². The van der Waals surface area contributed by atoms with E-state index in [-0.39, 0.29) is 26.4 Å². The first-order chi connectivity index (χ1) is 22.1. The molecule has 0 spiro atoms. The molecule has 0 amide bonds. The van der Waals surface area contributed by atoms with Crippen LogP contribution in [-0.2, 0) is 46.9 Å². The third-order valence-electron chi connectivity index (χ3n) is 7.12. The highest BCUT2D eigenvalue weighted by molar-refractivity contribution is 6.99. The van der Waals surface area contributed by atoms with Crippen molar-refractivity contribution < 1.29 is 51.7 Å². The molecule has 0 fully saturated rings. The van der Waals surface area contributed by atoms with E-state index in [1.54, 1.807) is 26.6 Å². The zero-order chi connectivity index (χ0) is 35.3. The van der Waals surface area contributed by atoms with E-state index in [2.05, 4.69) is 25.6 Å². The van der Waals surface area contributed by atoms with Gasteiger partial charge in [-0.2, -0.15) is 4.79 Å². The van der Waals surface area contributed by atoms with Gasteiger partial charge in [0.25, 0.3) is 8.32 Å². The fourth-order valence-corrected chi connectivity index (χ4v) is 11.2. The van der Waals surface area contributed by atoms with Gasteiger partial charge < -0.3 is 38.1 Å². The monoisotopic (exact) mass is 688 g/mol. The average molecular weight is 689 g/mol. The molecule has 12 nitrogen and oxygen atoms in total. The van der Waals surface area contributed by atoms with Crippen LogP contribution in [0.25, 0.3) is 5.53 Å². The highest BCUT2D eigenvalue weighted by atomic mass is 28.4. The van der Waals surface area contributed by atoms with Gasteiger partial charge >= 0.3 is 29.2 Å². The van der Waals surface area contributed by atoms with Crippen molar-refractivity contribution in [3.8, 4) is 0 Å². The molecular weight excluding hydrogens is 641 g/mol. The second-order valence-corrected chi connectivity index (χ2v) is 21.4. The minimum absolute atomic E-state index is 0.0529. The molecule has 0 radical (unpaired) electrons. The minimum atomic E-state index is -3.32. The number of carbonyl (C=O) groups is 3. The summed E-state index contributed by atoms with van der Waals surface area (Å²) in [6.07, 6.45) is -1.93. The van der Waals surface area contributed by atoms with Crippen LogP contribution in [0.3, 0.4) is 0 Å². The number of benzene rings is 2. The summed E-state index contributed by atoms with van der Waals surface area (Å²) in [5.74, 6) is -3.10. The maximum Gasteiger partial charge on any atom is 0.421 e. The molecule has 0 bridgehead atoms. The number of ether oxygens (including phenoxy) is 5. The average Bonchev–Trinajstić information content (AvgIpc) is 3.02. The minimum Gasteiger partial charge on any atom is -0.466 e. The normalized spacial score (nSPS) is 13.9. The lowest BCUT2D eigenvalue weighted by molar-refractivity contribution is -0.183. The quantitative estimate of drug-likeness (QED) is 0.0333. The van der Waals surface area contributed by atoms with Gasteiger partial charge in [0.05, 0.1) is 33.4 Å². The number of rotatable bonds is 18. The Kier molecular flexibility index (Phi) is 14.9. The molecule has 2 atom stereocenters. The Morgan fingerprint density at radius 2 is 1.47 bits per heavy atom. The van der Waals surface area contributed by atoms with Gasteiger partial charge in [-0.05, 0) is 42.0 Å². The van der Waals surface area contributed by atoms with Gasteiger partial charge in [0.2, 0.25) is 0 Å². The second-order valence-electron chi connectivity index (χ2n) is 12.6. The first-order valence-corrected chi connectivity index (χ1v) is 20.7. The third-order valence-corrected chi connectivity index (χ3v) is 13.1. The van der Waals surface area contributed by atoms with Crippen LogP contribution in [-0.4, -0.2) is 97.6 Å². The molecule has 0 unspecified atom stereocenters. The summed E-state index contributed by atoms with van der Waals surface area (Å²) in [5, 5.41) is 1.31. The van der Waals surface area contributed by atoms with Gasteiger partial charge in [0, 0.05) is 7.11 Å². The number of esters is 3. The molecular formula is C33H48N2O10Si2. The fraction of sp³-hybridized carbons (Fsp3) is 0.515. The van der Waals surface area contributed by atoms with E-state index in [9.17, 15) is 19.9 Å². The predicted molar refractivity (Wildman–Crippen MR) is 180 cm³/mol. The summed E-state index contributed by atoms with van der Waals surface area (Å²) in [6.45, 7) is 12.3. The van der Waals surface area contributed by atoms with Crippen molar-refractivity contribution in [3.05, 3.63) is 66.2 Å². The lowest BCUT2D eigenvalue weighted by Gasteiger charge is -2.45. The fourth-order valence-electron chi connectivity index (χ4n) is 5.35. The second kappa shape index (κ2) is 17.6. The summed E-state index contributed by atoms with van der Waals surface area (Å²) in [6, 6.07) is 19.4. The molecule has 258 valence electrons. The van der Waals surface area contributed by atoms with Gasteiger partial charge in [-0.1, -0.05) is 81.4 Å². The molecule has 0 N–H and O–H groups in total. The zero-order valence-electron chi connectivity index (χ0n) is 28.9. The molecule has 47 heavy (non-hydrogen) atoms. The molecule has 0 aliphatic heterocycles. The van der Waals surface area contributed by atoms with E-state index in [0.29, 0.717) is 0 Å². The summed E-state index contributed by atoms with van der Waals surface area (Å²) in [7, 11) is -3.67. The number of carbonyl (C=O) groups excluding carboxylic acids is 3. The Hall–Kier alpha value is -3.50. The Balaban J connectivity index is 2.92. The summed E-state index contributed by atoms with van der Waals surface area (Å²) >= 11 is 0. The van der Waals surface area contributed by atoms with Crippen LogP contribution in [0.2, 0.25) is 24.7 Å². The van der Waals surface area contributed by atoms with E-state index >= 15 is 0 Å². The van der Waals surface area contributed by atoms with Gasteiger partial charge in [-0.3, -0.25) is 4.79 Å². The molecule has 0 aliphatic rings. The maximum atomic E-state index is 14.0. The largest absolute Gasteiger partial charge is 0.466 e. The van der Waals surface area contributed by atoms with E-state index in [1.807, 2.05) is 60.7 Å². The van der Waals surface area contributed by atoms with Crippen LogP contribution < -0.4 is 10.4 Å². The van der Waals surface area contributed by atoms with Crippen molar-refractivity contribution in [3.63, 3.8) is 0 Å². The standard InChI is InChI=1S/C33H48N2O10Si2/c1-10-42-30(37)29(35-34)33(31(38)40-6,45-46(7,8)9)27(44-28(36)21-22-41-24-39-5)23-43-47(32(2,3)4,25-17-13-11-14-18-25)26-19-15-12-16-20-26/h11-20,27H,10,21-24H2,1-9H3/t27-,33+/m1/s1. The highest BCUT2D eigenvalue weighted by Crippen LogP contribution is 2.38. The summed E-state index contributed by atoms with van der Waals surface area (Å²) in [4.78, 5) is 44.0. The zero-order valence-corrected chi connectivity index (χ0v) is 30.9. The molecule has 14 heteroatoms. The summed E-state index contributed by atoms with van der Waals surface area (Å²) in [5.41, 5.74) is 6.89. The van der Waals surface area contributed by atoms with Crippen LogP contribution in [0.4, 0.5) is 0 Å². The number of hydrogen-bond acceptors (Lipinski definition) is 10. The van der Waals surface area contributed by atoms with Crippen LogP contribution in [0.5, 0.6) is 0 Å². The SMILES string of the molecule is CCOC(=O)C(=[N+]=[N-])[C@](O[Si](C)(C)C)(C(=O)OC)[C@@H](CO[Si](c1ccccc1)(c1ccccc1)C(C)(C)C)OC(=O)CCOCOC.